The van der Waals surface area contributed by atoms with Gasteiger partial charge in [0.05, 0.1) is 0 Å². The minimum absolute atomic E-state index is 0. The zero-order valence-corrected chi connectivity index (χ0v) is 16.0. The van der Waals surface area contributed by atoms with Crippen molar-refractivity contribution in [3.63, 3.8) is 0 Å². The van der Waals surface area contributed by atoms with Gasteiger partial charge in [0, 0.05) is 35.8 Å². The van der Waals surface area contributed by atoms with Crippen molar-refractivity contribution in [2.45, 2.75) is 12.8 Å². The maximum absolute atomic E-state index is 11.7. The molecule has 0 fully saturated rings. The highest BCUT2D eigenvalue weighted by atomic mass is 27.0. The van der Waals surface area contributed by atoms with E-state index in [1.54, 1.807) is 48.5 Å². The molecule has 4 N–H and O–H groups in total. The highest BCUT2D eigenvalue weighted by Crippen LogP contribution is 2.33. The molecule has 0 aliphatic carbocycles. The molecule has 6 nitrogen and oxygen atoms in total. The molecule has 3 radical (unpaired) electrons. The SMILES string of the molecule is O=C(OO)c1ccc(Cc2ccccc2O)c(Cc2ccccc2O)c1O.[Al]. The van der Waals surface area contributed by atoms with Crippen LogP contribution in [0.25, 0.3) is 0 Å². The Hall–Kier alpha value is -2.98. The molecular formula is C21H18AlO6. The first kappa shape index (κ1) is 21.3. The van der Waals surface area contributed by atoms with E-state index in [9.17, 15) is 20.1 Å². The van der Waals surface area contributed by atoms with E-state index >= 15 is 0 Å². The van der Waals surface area contributed by atoms with Gasteiger partial charge in [-0.3, -0.25) is 4.89 Å². The van der Waals surface area contributed by atoms with E-state index in [0.717, 1.165) is 0 Å². The molecule has 0 aliphatic rings. The monoisotopic (exact) mass is 393 g/mol. The van der Waals surface area contributed by atoms with Gasteiger partial charge in [0.15, 0.2) is 0 Å². The molecule has 7 heteroatoms. The summed E-state index contributed by atoms with van der Waals surface area (Å²) in [5, 5.41) is 39.4. The molecule has 0 aromatic heterocycles. The van der Waals surface area contributed by atoms with E-state index < -0.39 is 5.97 Å². The summed E-state index contributed by atoms with van der Waals surface area (Å²) < 4.78 is 0. The summed E-state index contributed by atoms with van der Waals surface area (Å²) in [7, 11) is 0. The van der Waals surface area contributed by atoms with E-state index in [-0.39, 0.29) is 46.6 Å². The Bertz CT molecular complexity index is 986. The minimum Gasteiger partial charge on any atom is -0.508 e. The molecule has 3 rings (SSSR count). The summed E-state index contributed by atoms with van der Waals surface area (Å²) in [5.74, 6) is -1.25. The Morgan fingerprint density at radius 1 is 0.750 bits per heavy atom. The third kappa shape index (κ3) is 4.46. The summed E-state index contributed by atoms with van der Waals surface area (Å²) in [6, 6.07) is 16.4. The number of para-hydroxylation sites is 2. The van der Waals surface area contributed by atoms with Crippen LogP contribution >= 0.6 is 0 Å². The van der Waals surface area contributed by atoms with Crippen LogP contribution in [-0.2, 0) is 17.7 Å². The molecule has 0 heterocycles. The normalized spacial score (nSPS) is 10.2. The number of hydrogen-bond acceptors (Lipinski definition) is 6. The van der Waals surface area contributed by atoms with Crippen molar-refractivity contribution < 1.29 is 30.3 Å². The number of benzene rings is 3. The summed E-state index contributed by atoms with van der Waals surface area (Å²) in [5.41, 5.74) is 2.06. The number of phenolic OH excluding ortho intramolecular Hbond substituents is 3. The summed E-state index contributed by atoms with van der Waals surface area (Å²) in [6.07, 6.45) is 0.450. The summed E-state index contributed by atoms with van der Waals surface area (Å²) in [6.45, 7) is 0. The van der Waals surface area contributed by atoms with E-state index in [4.69, 9.17) is 5.26 Å². The standard InChI is InChI=1S/C21H18O6.Al/c22-18-7-3-1-5-14(18)11-13-9-10-16(21(25)27-26)20(24)17(13)12-15-6-2-4-8-19(15)23;/h1-10,22-24,26H,11-12H2;. The molecule has 3 aromatic carbocycles. The first-order valence-corrected chi connectivity index (χ1v) is 8.24. The van der Waals surface area contributed by atoms with Crippen LogP contribution in [0, 0.1) is 0 Å². The smallest absolute Gasteiger partial charge is 0.376 e. The van der Waals surface area contributed by atoms with Gasteiger partial charge in [-0.15, -0.1) is 0 Å². The zero-order chi connectivity index (χ0) is 19.4. The number of carbonyl (C=O) groups excluding carboxylic acids is 1. The number of phenols is 3. The lowest BCUT2D eigenvalue weighted by Crippen LogP contribution is -2.06. The van der Waals surface area contributed by atoms with Gasteiger partial charge in [-0.05, 0) is 34.9 Å². The maximum Gasteiger partial charge on any atom is 0.376 e. The van der Waals surface area contributed by atoms with Gasteiger partial charge in [0.1, 0.15) is 22.8 Å². The summed E-state index contributed by atoms with van der Waals surface area (Å²) >= 11 is 0. The fraction of sp³-hybridized carbons (Fsp3) is 0.0952. The van der Waals surface area contributed by atoms with Crippen LogP contribution < -0.4 is 0 Å². The van der Waals surface area contributed by atoms with E-state index in [2.05, 4.69) is 4.89 Å². The van der Waals surface area contributed by atoms with Crippen LogP contribution in [0.2, 0.25) is 0 Å². The van der Waals surface area contributed by atoms with Crippen molar-refractivity contribution in [1.82, 2.24) is 0 Å². The Morgan fingerprint density at radius 2 is 1.29 bits per heavy atom. The predicted molar refractivity (Wildman–Crippen MR) is 104 cm³/mol. The lowest BCUT2D eigenvalue weighted by Gasteiger charge is -2.15. The van der Waals surface area contributed by atoms with Gasteiger partial charge in [-0.25, -0.2) is 4.79 Å². The molecular weight excluding hydrogens is 375 g/mol. The van der Waals surface area contributed by atoms with Crippen molar-refractivity contribution >= 4 is 23.3 Å². The third-order valence-corrected chi connectivity index (χ3v) is 4.41. The van der Waals surface area contributed by atoms with Crippen molar-refractivity contribution in [3.8, 4) is 17.2 Å². The number of rotatable bonds is 5. The molecule has 0 spiro atoms. The van der Waals surface area contributed by atoms with Crippen LogP contribution in [0.15, 0.2) is 60.7 Å². The minimum atomic E-state index is -1.08. The van der Waals surface area contributed by atoms with Crippen LogP contribution in [0.5, 0.6) is 17.2 Å². The lowest BCUT2D eigenvalue weighted by molar-refractivity contribution is -0.182. The molecule has 28 heavy (non-hydrogen) atoms. The van der Waals surface area contributed by atoms with Gasteiger partial charge in [0.2, 0.25) is 0 Å². The predicted octanol–water partition coefficient (Wildman–Crippen LogP) is 3.23. The van der Waals surface area contributed by atoms with Crippen LogP contribution in [0.1, 0.15) is 32.6 Å². The fourth-order valence-corrected chi connectivity index (χ4v) is 2.97. The molecule has 0 bridgehead atoms. The number of carbonyl (C=O) groups is 1. The highest BCUT2D eigenvalue weighted by Gasteiger charge is 2.20. The van der Waals surface area contributed by atoms with Crippen molar-refractivity contribution in [1.29, 1.82) is 0 Å². The maximum atomic E-state index is 11.7. The quantitative estimate of drug-likeness (QED) is 0.301. The second-order valence-electron chi connectivity index (χ2n) is 6.09. The first-order chi connectivity index (χ1) is 13.0. The van der Waals surface area contributed by atoms with Gasteiger partial charge in [0.25, 0.3) is 0 Å². The fourth-order valence-electron chi connectivity index (χ4n) is 2.97. The lowest BCUT2D eigenvalue weighted by atomic mass is 9.92. The average molecular weight is 393 g/mol. The molecule has 0 saturated heterocycles. The Kier molecular flexibility index (Phi) is 7.07. The van der Waals surface area contributed by atoms with E-state index in [1.807, 2.05) is 0 Å². The molecule has 0 aliphatic heterocycles. The second-order valence-corrected chi connectivity index (χ2v) is 6.09. The van der Waals surface area contributed by atoms with Crippen molar-refractivity contribution in [2.24, 2.45) is 0 Å². The van der Waals surface area contributed by atoms with Crippen molar-refractivity contribution in [2.75, 3.05) is 0 Å². The van der Waals surface area contributed by atoms with Gasteiger partial charge in [-0.2, -0.15) is 5.26 Å². The Balaban J connectivity index is 0.00000280. The van der Waals surface area contributed by atoms with Crippen molar-refractivity contribution in [3.05, 3.63) is 88.5 Å². The van der Waals surface area contributed by atoms with Gasteiger partial charge >= 0.3 is 5.97 Å². The molecule has 0 unspecified atom stereocenters. The Labute approximate surface area is 172 Å². The third-order valence-electron chi connectivity index (χ3n) is 4.41. The summed E-state index contributed by atoms with van der Waals surface area (Å²) in [4.78, 5) is 15.4. The first-order valence-electron chi connectivity index (χ1n) is 8.24. The van der Waals surface area contributed by atoms with Gasteiger partial charge in [-0.1, -0.05) is 42.5 Å². The molecule has 0 atom stereocenters. The Morgan fingerprint density at radius 3 is 1.82 bits per heavy atom. The molecule has 0 amide bonds. The zero-order valence-electron chi connectivity index (χ0n) is 14.9. The van der Waals surface area contributed by atoms with Gasteiger partial charge < -0.3 is 15.3 Å². The topological polar surface area (TPSA) is 107 Å². The molecule has 3 aromatic rings. The van der Waals surface area contributed by atoms with E-state index in [1.165, 1.54) is 12.1 Å². The molecule has 0 saturated carbocycles. The second kappa shape index (κ2) is 9.29. The van der Waals surface area contributed by atoms with Crippen LogP contribution in [-0.4, -0.2) is 43.9 Å². The number of hydrogen-bond donors (Lipinski definition) is 4. The highest BCUT2D eigenvalue weighted by molar-refractivity contribution is 5.92. The largest absolute Gasteiger partial charge is 0.508 e. The average Bonchev–Trinajstić information content (AvgIpc) is 2.67. The molecule has 141 valence electrons. The van der Waals surface area contributed by atoms with E-state index in [0.29, 0.717) is 28.7 Å². The number of aromatic hydroxyl groups is 3. The van der Waals surface area contributed by atoms with Crippen LogP contribution in [0.3, 0.4) is 0 Å². The van der Waals surface area contributed by atoms with Crippen LogP contribution in [0.4, 0.5) is 0 Å².